The van der Waals surface area contributed by atoms with Gasteiger partial charge in [-0.3, -0.25) is 4.79 Å². The summed E-state index contributed by atoms with van der Waals surface area (Å²) < 4.78 is 1.10. The fraction of sp³-hybridized carbons (Fsp3) is 0.500. The van der Waals surface area contributed by atoms with Gasteiger partial charge in [-0.15, -0.1) is 11.8 Å². The smallest absolute Gasteiger partial charge is 0.232 e. The fourth-order valence-corrected chi connectivity index (χ4v) is 3.40. The second kappa shape index (κ2) is 6.11. The SMILES string of the molecule is CC1SCC(=O)N(CCc2ccc(Br)cc2)C1C. The molecule has 2 atom stereocenters. The van der Waals surface area contributed by atoms with Gasteiger partial charge in [0.2, 0.25) is 5.91 Å². The van der Waals surface area contributed by atoms with Crippen LogP contribution in [0, 0.1) is 0 Å². The molecule has 1 aliphatic heterocycles. The molecule has 0 N–H and O–H groups in total. The molecule has 1 heterocycles. The van der Waals surface area contributed by atoms with E-state index in [0.29, 0.717) is 17.0 Å². The number of amides is 1. The van der Waals surface area contributed by atoms with Crippen molar-refractivity contribution in [3.8, 4) is 0 Å². The first-order chi connectivity index (χ1) is 8.58. The standard InChI is InChI=1S/C14H18BrNOS/c1-10-11(2)18-9-14(17)16(10)8-7-12-3-5-13(15)6-4-12/h3-6,10-11H,7-9H2,1-2H3. The number of carbonyl (C=O) groups is 1. The maximum atomic E-state index is 11.9. The predicted molar refractivity (Wildman–Crippen MR) is 80.9 cm³/mol. The molecule has 1 fully saturated rings. The monoisotopic (exact) mass is 327 g/mol. The number of benzene rings is 1. The lowest BCUT2D eigenvalue weighted by Gasteiger charge is -2.37. The van der Waals surface area contributed by atoms with Gasteiger partial charge in [0.25, 0.3) is 0 Å². The van der Waals surface area contributed by atoms with Gasteiger partial charge in [0.1, 0.15) is 0 Å². The fourth-order valence-electron chi connectivity index (χ4n) is 2.13. The van der Waals surface area contributed by atoms with Gasteiger partial charge in [-0.25, -0.2) is 0 Å². The molecule has 1 aliphatic rings. The molecule has 4 heteroatoms. The van der Waals surface area contributed by atoms with Crippen molar-refractivity contribution in [2.24, 2.45) is 0 Å². The summed E-state index contributed by atoms with van der Waals surface area (Å²) >= 11 is 5.20. The molecule has 1 amide bonds. The van der Waals surface area contributed by atoms with Crippen molar-refractivity contribution in [3.63, 3.8) is 0 Å². The Kier molecular flexibility index (Phi) is 4.73. The van der Waals surface area contributed by atoms with Crippen molar-refractivity contribution in [1.29, 1.82) is 0 Å². The van der Waals surface area contributed by atoms with Crippen LogP contribution in [-0.2, 0) is 11.2 Å². The molecule has 0 aliphatic carbocycles. The lowest BCUT2D eigenvalue weighted by atomic mass is 10.1. The third kappa shape index (κ3) is 3.29. The summed E-state index contributed by atoms with van der Waals surface area (Å²) in [6.07, 6.45) is 0.931. The molecule has 0 spiro atoms. The van der Waals surface area contributed by atoms with E-state index in [0.717, 1.165) is 17.4 Å². The van der Waals surface area contributed by atoms with Crippen LogP contribution in [0.5, 0.6) is 0 Å². The Morgan fingerprint density at radius 1 is 1.33 bits per heavy atom. The van der Waals surface area contributed by atoms with Crippen LogP contribution in [0.3, 0.4) is 0 Å². The lowest BCUT2D eigenvalue weighted by molar-refractivity contribution is -0.130. The Bertz CT molecular complexity index is 420. The van der Waals surface area contributed by atoms with Gasteiger partial charge in [-0.05, 0) is 31.0 Å². The van der Waals surface area contributed by atoms with Crippen LogP contribution in [0.25, 0.3) is 0 Å². The van der Waals surface area contributed by atoms with E-state index in [1.807, 2.05) is 4.90 Å². The largest absolute Gasteiger partial charge is 0.338 e. The molecule has 0 saturated carbocycles. The second-order valence-electron chi connectivity index (χ2n) is 4.72. The van der Waals surface area contributed by atoms with E-state index < -0.39 is 0 Å². The number of nitrogens with zero attached hydrogens (tertiary/aromatic N) is 1. The molecular formula is C14H18BrNOS. The van der Waals surface area contributed by atoms with Gasteiger partial charge < -0.3 is 4.90 Å². The zero-order valence-corrected chi connectivity index (χ0v) is 13.1. The number of carbonyl (C=O) groups excluding carboxylic acids is 1. The lowest BCUT2D eigenvalue weighted by Crippen LogP contribution is -2.49. The summed E-state index contributed by atoms with van der Waals surface area (Å²) in [5, 5.41) is 0.535. The molecule has 2 unspecified atom stereocenters. The van der Waals surface area contributed by atoms with Crippen LogP contribution in [-0.4, -0.2) is 34.4 Å². The van der Waals surface area contributed by atoms with E-state index in [2.05, 4.69) is 54.0 Å². The molecule has 18 heavy (non-hydrogen) atoms. The maximum absolute atomic E-state index is 11.9. The van der Waals surface area contributed by atoms with Gasteiger partial charge in [-0.2, -0.15) is 0 Å². The van der Waals surface area contributed by atoms with E-state index in [-0.39, 0.29) is 5.91 Å². The second-order valence-corrected chi connectivity index (χ2v) is 7.00. The first-order valence-corrected chi connectivity index (χ1v) is 8.07. The van der Waals surface area contributed by atoms with Crippen LogP contribution < -0.4 is 0 Å². The van der Waals surface area contributed by atoms with Gasteiger partial charge >= 0.3 is 0 Å². The number of halogens is 1. The zero-order chi connectivity index (χ0) is 13.1. The molecular weight excluding hydrogens is 310 g/mol. The zero-order valence-electron chi connectivity index (χ0n) is 10.7. The van der Waals surface area contributed by atoms with Crippen LogP contribution in [0.15, 0.2) is 28.7 Å². The molecule has 0 aromatic heterocycles. The normalized spacial score (nSPS) is 24.4. The van der Waals surface area contributed by atoms with E-state index in [1.54, 1.807) is 11.8 Å². The van der Waals surface area contributed by atoms with Crippen molar-refractivity contribution in [1.82, 2.24) is 4.90 Å². The number of hydrogen-bond acceptors (Lipinski definition) is 2. The van der Waals surface area contributed by atoms with Gasteiger partial charge in [0.05, 0.1) is 5.75 Å². The Hall–Kier alpha value is -0.480. The number of thioether (sulfide) groups is 1. The van der Waals surface area contributed by atoms with Crippen LogP contribution >= 0.6 is 27.7 Å². The molecule has 2 nitrogen and oxygen atoms in total. The maximum Gasteiger partial charge on any atom is 0.232 e. The van der Waals surface area contributed by atoms with Crippen molar-refractivity contribution >= 4 is 33.6 Å². The summed E-state index contributed by atoms with van der Waals surface area (Å²) in [5.41, 5.74) is 1.28. The minimum Gasteiger partial charge on any atom is -0.338 e. The summed E-state index contributed by atoms with van der Waals surface area (Å²) in [4.78, 5) is 14.0. The highest BCUT2D eigenvalue weighted by Gasteiger charge is 2.29. The minimum atomic E-state index is 0.280. The average molecular weight is 328 g/mol. The summed E-state index contributed by atoms with van der Waals surface area (Å²) in [6.45, 7) is 5.18. The van der Waals surface area contributed by atoms with E-state index >= 15 is 0 Å². The number of rotatable bonds is 3. The third-order valence-corrected chi connectivity index (χ3v) is 5.38. The van der Waals surface area contributed by atoms with Crippen molar-refractivity contribution in [3.05, 3.63) is 34.3 Å². The van der Waals surface area contributed by atoms with Crippen molar-refractivity contribution in [2.75, 3.05) is 12.3 Å². The Balaban J connectivity index is 1.96. The molecule has 1 saturated heterocycles. The van der Waals surface area contributed by atoms with Crippen LogP contribution in [0.4, 0.5) is 0 Å². The Labute approximate surface area is 121 Å². The highest BCUT2D eigenvalue weighted by molar-refractivity contribution is 9.10. The first-order valence-electron chi connectivity index (χ1n) is 6.23. The first kappa shape index (κ1) is 13.9. The van der Waals surface area contributed by atoms with Gasteiger partial charge in [-0.1, -0.05) is 35.0 Å². The van der Waals surface area contributed by atoms with Crippen LogP contribution in [0.2, 0.25) is 0 Å². The summed E-state index contributed by atoms with van der Waals surface area (Å²) in [6, 6.07) is 8.67. The summed E-state index contributed by atoms with van der Waals surface area (Å²) in [7, 11) is 0. The molecule has 1 aromatic carbocycles. The van der Waals surface area contributed by atoms with E-state index in [1.165, 1.54) is 5.56 Å². The average Bonchev–Trinajstić information content (AvgIpc) is 2.36. The predicted octanol–water partition coefficient (Wildman–Crippen LogP) is 3.34. The highest BCUT2D eigenvalue weighted by atomic mass is 79.9. The Morgan fingerprint density at radius 3 is 2.67 bits per heavy atom. The van der Waals surface area contributed by atoms with Gasteiger partial charge in [0.15, 0.2) is 0 Å². The van der Waals surface area contributed by atoms with Crippen molar-refractivity contribution < 1.29 is 4.79 Å². The molecule has 0 radical (unpaired) electrons. The van der Waals surface area contributed by atoms with E-state index in [9.17, 15) is 4.79 Å². The van der Waals surface area contributed by atoms with E-state index in [4.69, 9.17) is 0 Å². The third-order valence-electron chi connectivity index (χ3n) is 3.52. The van der Waals surface area contributed by atoms with Gasteiger partial charge in [0, 0.05) is 22.3 Å². The quantitative estimate of drug-likeness (QED) is 0.848. The highest BCUT2D eigenvalue weighted by Crippen LogP contribution is 2.25. The molecule has 0 bridgehead atoms. The molecule has 98 valence electrons. The molecule has 2 rings (SSSR count). The van der Waals surface area contributed by atoms with Crippen LogP contribution in [0.1, 0.15) is 19.4 Å². The minimum absolute atomic E-state index is 0.280. The molecule has 1 aromatic rings. The topological polar surface area (TPSA) is 20.3 Å². The summed E-state index contributed by atoms with van der Waals surface area (Å²) in [5.74, 6) is 0.911. The number of hydrogen-bond donors (Lipinski definition) is 0. The Morgan fingerprint density at radius 2 is 2.00 bits per heavy atom. The van der Waals surface area contributed by atoms with Crippen molar-refractivity contribution in [2.45, 2.75) is 31.6 Å².